The number of carbonyl (C=O) groups is 1. The number of ether oxygens (including phenoxy) is 1. The average Bonchev–Trinajstić information content (AvgIpc) is 2.01. The van der Waals surface area contributed by atoms with Gasteiger partial charge in [0.2, 0.25) is 0 Å². The van der Waals surface area contributed by atoms with E-state index in [9.17, 15) is 4.79 Å². The van der Waals surface area contributed by atoms with Crippen LogP contribution in [0.15, 0.2) is 11.1 Å². The topological polar surface area (TPSA) is 26.3 Å². The first-order valence-corrected chi connectivity index (χ1v) is 4.33. The van der Waals surface area contributed by atoms with Gasteiger partial charge in [-0.15, -0.1) is 0 Å². The number of carbonyl (C=O) groups excluding carboxylic acids is 1. The zero-order chi connectivity index (χ0) is 9.56. The third kappa shape index (κ3) is 3.77. The van der Waals surface area contributed by atoms with Gasteiger partial charge < -0.3 is 4.74 Å². The van der Waals surface area contributed by atoms with Crippen LogP contribution < -0.4 is 0 Å². The highest BCUT2D eigenvalue weighted by atomic mass is 35.5. The second kappa shape index (κ2) is 6.06. The van der Waals surface area contributed by atoms with Gasteiger partial charge in [0, 0.05) is 5.54 Å². The first-order valence-electron chi connectivity index (χ1n) is 3.90. The summed E-state index contributed by atoms with van der Waals surface area (Å²) in [5.74, 6) is -0.247. The number of hydrogen-bond donors (Lipinski definition) is 0. The Morgan fingerprint density at radius 1 is 1.67 bits per heavy atom. The van der Waals surface area contributed by atoms with Gasteiger partial charge in [0.05, 0.1) is 12.2 Å². The van der Waals surface area contributed by atoms with Crippen LogP contribution >= 0.6 is 11.6 Å². The molecule has 0 fully saturated rings. The Kier molecular flexibility index (Phi) is 5.81. The molecule has 0 rings (SSSR count). The Labute approximate surface area is 78.5 Å². The Morgan fingerprint density at radius 3 is 2.58 bits per heavy atom. The van der Waals surface area contributed by atoms with Crippen molar-refractivity contribution < 1.29 is 9.53 Å². The standard InChI is InChI=1S/C9H14ClO2/c1-4-5-12-9(11)8(6-10)7(2)3/h6-7H,1,4-5H2,2-3H3. The van der Waals surface area contributed by atoms with Crippen molar-refractivity contribution >= 4 is 17.6 Å². The van der Waals surface area contributed by atoms with Crippen LogP contribution in [0.3, 0.4) is 0 Å². The summed E-state index contributed by atoms with van der Waals surface area (Å²) in [4.78, 5) is 11.2. The minimum absolute atomic E-state index is 0.0971. The van der Waals surface area contributed by atoms with Crippen molar-refractivity contribution in [1.29, 1.82) is 0 Å². The second-order valence-corrected chi connectivity index (χ2v) is 2.93. The third-order valence-electron chi connectivity index (χ3n) is 1.35. The molecule has 0 bridgehead atoms. The molecular weight excluding hydrogens is 176 g/mol. The molecule has 2 nitrogen and oxygen atoms in total. The Hall–Kier alpha value is -0.500. The molecule has 12 heavy (non-hydrogen) atoms. The fourth-order valence-corrected chi connectivity index (χ4v) is 0.995. The van der Waals surface area contributed by atoms with E-state index in [4.69, 9.17) is 16.3 Å². The molecule has 0 aromatic rings. The van der Waals surface area contributed by atoms with Crippen molar-refractivity contribution in [3.63, 3.8) is 0 Å². The molecule has 1 radical (unpaired) electrons. The van der Waals surface area contributed by atoms with Crippen LogP contribution in [0, 0.1) is 12.8 Å². The lowest BCUT2D eigenvalue weighted by molar-refractivity contribution is -0.139. The second-order valence-electron chi connectivity index (χ2n) is 2.71. The van der Waals surface area contributed by atoms with Gasteiger partial charge in [-0.1, -0.05) is 25.4 Å². The molecule has 0 aliphatic rings. The van der Waals surface area contributed by atoms with Crippen LogP contribution in [0.1, 0.15) is 20.3 Å². The molecule has 0 aromatic heterocycles. The number of halogens is 1. The van der Waals surface area contributed by atoms with Gasteiger partial charge in [0.15, 0.2) is 0 Å². The highest BCUT2D eigenvalue weighted by Crippen LogP contribution is 2.12. The first-order chi connectivity index (χ1) is 5.63. The highest BCUT2D eigenvalue weighted by molar-refractivity contribution is 6.27. The van der Waals surface area contributed by atoms with Crippen LogP contribution in [0.5, 0.6) is 0 Å². The van der Waals surface area contributed by atoms with Gasteiger partial charge in [-0.05, 0) is 19.3 Å². The minimum atomic E-state index is -0.344. The van der Waals surface area contributed by atoms with Crippen molar-refractivity contribution in [2.75, 3.05) is 6.61 Å². The maximum Gasteiger partial charge on any atom is 0.335 e. The average molecular weight is 190 g/mol. The number of rotatable bonds is 4. The van der Waals surface area contributed by atoms with Gasteiger partial charge in [-0.2, -0.15) is 0 Å². The van der Waals surface area contributed by atoms with Gasteiger partial charge in [-0.25, -0.2) is 4.79 Å². The molecule has 0 aromatic carbocycles. The van der Waals surface area contributed by atoms with Gasteiger partial charge in [0.1, 0.15) is 0 Å². The van der Waals surface area contributed by atoms with Crippen molar-refractivity contribution in [1.82, 2.24) is 0 Å². The molecule has 0 heterocycles. The summed E-state index contributed by atoms with van der Waals surface area (Å²) in [5.41, 5.74) is 1.78. The van der Waals surface area contributed by atoms with Crippen LogP contribution in [0.25, 0.3) is 0 Å². The van der Waals surface area contributed by atoms with Crippen molar-refractivity contribution in [3.05, 3.63) is 18.0 Å². The molecule has 0 spiro atoms. The molecule has 0 amide bonds. The minimum Gasteiger partial charge on any atom is -0.462 e. The fourth-order valence-electron chi connectivity index (χ4n) is 0.654. The normalized spacial score (nSPS) is 11.9. The van der Waals surface area contributed by atoms with Crippen LogP contribution in [-0.4, -0.2) is 12.6 Å². The van der Waals surface area contributed by atoms with Gasteiger partial charge >= 0.3 is 5.97 Å². The predicted octanol–water partition coefficient (Wildman–Crippen LogP) is 2.53. The smallest absolute Gasteiger partial charge is 0.335 e. The summed E-state index contributed by atoms with van der Waals surface area (Å²) in [6.07, 6.45) is 0.583. The molecule has 0 unspecified atom stereocenters. The van der Waals surface area contributed by atoms with Crippen LogP contribution in [0.2, 0.25) is 0 Å². The summed E-state index contributed by atoms with van der Waals surface area (Å²) >= 11 is 5.46. The van der Waals surface area contributed by atoms with E-state index in [0.717, 1.165) is 0 Å². The van der Waals surface area contributed by atoms with Crippen molar-refractivity contribution in [3.8, 4) is 0 Å². The SMILES string of the molecule is [CH2]CCOC(=O)C(=CCl)C(C)C. The Bertz CT molecular complexity index is 173. The lowest BCUT2D eigenvalue weighted by atomic mass is 10.1. The fraction of sp³-hybridized carbons (Fsp3) is 0.556. The molecule has 0 atom stereocenters. The predicted molar refractivity (Wildman–Crippen MR) is 49.7 cm³/mol. The van der Waals surface area contributed by atoms with Gasteiger partial charge in [0.25, 0.3) is 0 Å². The molecule has 0 saturated heterocycles. The Balaban J connectivity index is 4.06. The molecule has 0 aliphatic carbocycles. The molecule has 3 heteroatoms. The molecular formula is C9H14ClO2. The molecule has 0 aliphatic heterocycles. The summed E-state index contributed by atoms with van der Waals surface area (Å²) in [5, 5.41) is 0. The summed E-state index contributed by atoms with van der Waals surface area (Å²) in [7, 11) is 0. The monoisotopic (exact) mass is 189 g/mol. The first kappa shape index (κ1) is 11.5. The van der Waals surface area contributed by atoms with Crippen LogP contribution in [0.4, 0.5) is 0 Å². The summed E-state index contributed by atoms with van der Waals surface area (Å²) in [6, 6.07) is 0. The maximum absolute atomic E-state index is 11.2. The van der Waals surface area contributed by atoms with E-state index < -0.39 is 0 Å². The van der Waals surface area contributed by atoms with E-state index in [1.165, 1.54) is 5.54 Å². The highest BCUT2D eigenvalue weighted by Gasteiger charge is 2.13. The maximum atomic E-state index is 11.2. The zero-order valence-electron chi connectivity index (χ0n) is 7.47. The van der Waals surface area contributed by atoms with E-state index in [1.807, 2.05) is 13.8 Å². The van der Waals surface area contributed by atoms with E-state index in [2.05, 4.69) is 6.92 Å². The molecule has 69 valence electrons. The van der Waals surface area contributed by atoms with Crippen molar-refractivity contribution in [2.45, 2.75) is 20.3 Å². The summed E-state index contributed by atoms with van der Waals surface area (Å²) in [6.45, 7) is 7.68. The lowest BCUT2D eigenvalue weighted by Crippen LogP contribution is -2.12. The van der Waals surface area contributed by atoms with E-state index >= 15 is 0 Å². The van der Waals surface area contributed by atoms with Crippen LogP contribution in [-0.2, 0) is 9.53 Å². The largest absolute Gasteiger partial charge is 0.462 e. The number of esters is 1. The summed E-state index contributed by atoms with van der Waals surface area (Å²) < 4.78 is 4.85. The van der Waals surface area contributed by atoms with Crippen molar-refractivity contribution in [2.24, 2.45) is 5.92 Å². The van der Waals surface area contributed by atoms with Gasteiger partial charge in [-0.3, -0.25) is 0 Å². The lowest BCUT2D eigenvalue weighted by Gasteiger charge is -2.08. The Morgan fingerprint density at radius 2 is 2.25 bits per heavy atom. The molecule has 0 saturated carbocycles. The van der Waals surface area contributed by atoms with E-state index in [-0.39, 0.29) is 11.9 Å². The quantitative estimate of drug-likeness (QED) is 0.502. The number of hydrogen-bond acceptors (Lipinski definition) is 2. The van der Waals surface area contributed by atoms with E-state index in [1.54, 1.807) is 0 Å². The third-order valence-corrected chi connectivity index (χ3v) is 1.59. The zero-order valence-corrected chi connectivity index (χ0v) is 8.23. The molecule has 0 N–H and O–H groups in total. The van der Waals surface area contributed by atoms with E-state index in [0.29, 0.717) is 18.6 Å².